The molecule has 0 amide bonds. The van der Waals surface area contributed by atoms with Crippen molar-refractivity contribution in [2.24, 2.45) is 5.92 Å². The van der Waals surface area contributed by atoms with E-state index in [-0.39, 0.29) is 24.4 Å². The van der Waals surface area contributed by atoms with E-state index in [1.54, 1.807) is 17.8 Å². The van der Waals surface area contributed by atoms with E-state index in [2.05, 4.69) is 4.98 Å². The lowest BCUT2D eigenvalue weighted by atomic mass is 10.1. The number of nitrogens with zero attached hydrogens (tertiary/aromatic N) is 1. The number of benzene rings is 1. The molecule has 2 unspecified atom stereocenters. The van der Waals surface area contributed by atoms with Crippen LogP contribution < -0.4 is 4.74 Å². The summed E-state index contributed by atoms with van der Waals surface area (Å²) in [5.41, 5.74) is 1.62. The van der Waals surface area contributed by atoms with Crippen molar-refractivity contribution in [1.29, 1.82) is 0 Å². The monoisotopic (exact) mass is 373 g/mol. The average Bonchev–Trinajstić information content (AvgIpc) is 3.55. The first-order chi connectivity index (χ1) is 12.7. The van der Waals surface area contributed by atoms with Crippen LogP contribution in [0.1, 0.15) is 36.4 Å². The normalized spacial score (nSPS) is 21.3. The van der Waals surface area contributed by atoms with Gasteiger partial charge in [0.1, 0.15) is 12.7 Å². The molecule has 1 aromatic carbocycles. The van der Waals surface area contributed by atoms with E-state index in [0.29, 0.717) is 6.47 Å². The van der Waals surface area contributed by atoms with Gasteiger partial charge in [0.15, 0.2) is 11.6 Å². The Morgan fingerprint density at radius 3 is 2.92 bits per heavy atom. The molecule has 0 bridgehead atoms. The fourth-order valence-electron chi connectivity index (χ4n) is 2.87. The molecular formula is C20H20FNO3S. The first-order valence-corrected chi connectivity index (χ1v) is 9.81. The van der Waals surface area contributed by atoms with E-state index in [0.717, 1.165) is 34.4 Å². The molecule has 26 heavy (non-hydrogen) atoms. The van der Waals surface area contributed by atoms with E-state index < -0.39 is 5.82 Å². The van der Waals surface area contributed by atoms with E-state index in [1.165, 1.54) is 18.9 Å². The molecule has 2 atom stereocenters. The SMILES string of the molecule is O=COC1CC1c1ccc(OCc2cccc(SCC3CC3)n2)c(F)c1. The maximum Gasteiger partial charge on any atom is 0.293 e. The summed E-state index contributed by atoms with van der Waals surface area (Å²) < 4.78 is 24.8. The maximum absolute atomic E-state index is 14.3. The van der Waals surface area contributed by atoms with E-state index in [9.17, 15) is 9.18 Å². The predicted molar refractivity (Wildman–Crippen MR) is 96.7 cm³/mol. The molecule has 0 N–H and O–H groups in total. The molecule has 0 saturated heterocycles. The van der Waals surface area contributed by atoms with Gasteiger partial charge < -0.3 is 9.47 Å². The standard InChI is InChI=1S/C20H20FNO3S/c21-17-8-14(16-9-19(16)25-12-23)6-7-18(17)24-10-15-2-1-3-20(22-15)26-11-13-4-5-13/h1-3,6-8,12-13,16,19H,4-5,9-11H2. The number of rotatable bonds is 9. The van der Waals surface area contributed by atoms with Gasteiger partial charge >= 0.3 is 0 Å². The van der Waals surface area contributed by atoms with Crippen LogP contribution in [0.2, 0.25) is 0 Å². The van der Waals surface area contributed by atoms with E-state index in [4.69, 9.17) is 9.47 Å². The zero-order chi connectivity index (χ0) is 17.9. The summed E-state index contributed by atoms with van der Waals surface area (Å²) in [7, 11) is 0. The Kier molecular flexibility index (Phi) is 5.11. The second kappa shape index (κ2) is 7.66. The minimum Gasteiger partial charge on any atom is -0.484 e. The summed E-state index contributed by atoms with van der Waals surface area (Å²) in [6.45, 7) is 0.678. The van der Waals surface area contributed by atoms with Gasteiger partial charge in [-0.25, -0.2) is 9.37 Å². The number of thioether (sulfide) groups is 1. The molecule has 136 valence electrons. The van der Waals surface area contributed by atoms with Crippen LogP contribution in [0.25, 0.3) is 0 Å². The number of hydrogen-bond donors (Lipinski definition) is 0. The molecule has 2 aliphatic rings. The van der Waals surface area contributed by atoms with Gasteiger partial charge in [-0.1, -0.05) is 12.1 Å². The third-order valence-corrected chi connectivity index (χ3v) is 5.83. The van der Waals surface area contributed by atoms with Crippen molar-refractivity contribution < 1.29 is 18.7 Å². The molecule has 4 rings (SSSR count). The van der Waals surface area contributed by atoms with Crippen molar-refractivity contribution in [3.8, 4) is 5.75 Å². The molecule has 2 fully saturated rings. The molecule has 0 spiro atoms. The number of halogens is 1. The molecule has 2 aliphatic carbocycles. The highest BCUT2D eigenvalue weighted by atomic mass is 32.2. The van der Waals surface area contributed by atoms with Crippen LogP contribution >= 0.6 is 11.8 Å². The smallest absolute Gasteiger partial charge is 0.293 e. The quantitative estimate of drug-likeness (QED) is 0.484. The van der Waals surface area contributed by atoms with Gasteiger partial charge in [0.2, 0.25) is 0 Å². The Bertz CT molecular complexity index is 796. The first-order valence-electron chi connectivity index (χ1n) is 8.83. The molecule has 2 aromatic rings. The lowest BCUT2D eigenvalue weighted by Gasteiger charge is -2.09. The predicted octanol–water partition coefficient (Wildman–Crippen LogP) is 4.33. The number of aromatic nitrogens is 1. The fraction of sp³-hybridized carbons (Fsp3) is 0.400. The van der Waals surface area contributed by atoms with Crippen molar-refractivity contribution in [3.63, 3.8) is 0 Å². The summed E-state index contributed by atoms with van der Waals surface area (Å²) in [6.07, 6.45) is 3.27. The summed E-state index contributed by atoms with van der Waals surface area (Å²) in [4.78, 5) is 14.9. The largest absolute Gasteiger partial charge is 0.484 e. The van der Waals surface area contributed by atoms with Gasteiger partial charge in [-0.05, 0) is 55.0 Å². The zero-order valence-corrected chi connectivity index (χ0v) is 15.1. The third-order valence-electron chi connectivity index (χ3n) is 4.67. The Morgan fingerprint density at radius 1 is 1.27 bits per heavy atom. The second-order valence-electron chi connectivity index (χ2n) is 6.81. The third kappa shape index (κ3) is 4.36. The second-order valence-corrected chi connectivity index (χ2v) is 7.85. The number of carbonyl (C=O) groups excluding carboxylic acids is 1. The summed E-state index contributed by atoms with van der Waals surface area (Å²) in [5.74, 6) is 1.85. The summed E-state index contributed by atoms with van der Waals surface area (Å²) >= 11 is 1.77. The maximum atomic E-state index is 14.3. The van der Waals surface area contributed by atoms with Gasteiger partial charge in [0.25, 0.3) is 6.47 Å². The van der Waals surface area contributed by atoms with Crippen LogP contribution in [-0.4, -0.2) is 23.3 Å². The van der Waals surface area contributed by atoms with E-state index >= 15 is 0 Å². The van der Waals surface area contributed by atoms with Crippen LogP contribution in [-0.2, 0) is 16.1 Å². The zero-order valence-electron chi connectivity index (χ0n) is 14.3. The molecule has 1 aromatic heterocycles. The van der Waals surface area contributed by atoms with Gasteiger partial charge in [0, 0.05) is 11.7 Å². The Hall–Kier alpha value is -2.08. The van der Waals surface area contributed by atoms with Crippen molar-refractivity contribution in [3.05, 3.63) is 53.5 Å². The first kappa shape index (κ1) is 17.3. The Balaban J connectivity index is 1.34. The Labute approximate surface area is 156 Å². The van der Waals surface area contributed by atoms with Crippen LogP contribution in [0.4, 0.5) is 4.39 Å². The summed E-state index contributed by atoms with van der Waals surface area (Å²) in [6, 6.07) is 10.8. The lowest BCUT2D eigenvalue weighted by Crippen LogP contribution is -2.01. The fourth-order valence-corrected chi connectivity index (χ4v) is 3.96. The molecule has 0 aliphatic heterocycles. The van der Waals surface area contributed by atoms with Gasteiger partial charge in [-0.2, -0.15) is 0 Å². The van der Waals surface area contributed by atoms with Crippen molar-refractivity contribution in [1.82, 2.24) is 4.98 Å². The number of carbonyl (C=O) groups is 1. The van der Waals surface area contributed by atoms with Crippen molar-refractivity contribution in [2.45, 2.75) is 42.9 Å². The highest BCUT2D eigenvalue weighted by Crippen LogP contribution is 2.43. The molecular weight excluding hydrogens is 353 g/mol. The highest BCUT2D eigenvalue weighted by molar-refractivity contribution is 7.99. The van der Waals surface area contributed by atoms with E-state index in [1.807, 2.05) is 24.3 Å². The van der Waals surface area contributed by atoms with Crippen molar-refractivity contribution in [2.75, 3.05) is 5.75 Å². The van der Waals surface area contributed by atoms with Gasteiger partial charge in [0.05, 0.1) is 10.7 Å². The van der Waals surface area contributed by atoms with Crippen LogP contribution in [0.15, 0.2) is 41.4 Å². The van der Waals surface area contributed by atoms with Crippen LogP contribution in [0.5, 0.6) is 5.75 Å². The number of hydrogen-bond acceptors (Lipinski definition) is 5. The molecule has 4 nitrogen and oxygen atoms in total. The minimum atomic E-state index is -0.404. The highest BCUT2D eigenvalue weighted by Gasteiger charge is 2.40. The molecule has 1 heterocycles. The molecule has 6 heteroatoms. The van der Waals surface area contributed by atoms with Crippen molar-refractivity contribution >= 4 is 18.2 Å². The average molecular weight is 373 g/mol. The number of ether oxygens (including phenoxy) is 2. The lowest BCUT2D eigenvalue weighted by molar-refractivity contribution is -0.129. The van der Waals surface area contributed by atoms with Crippen LogP contribution in [0, 0.1) is 11.7 Å². The molecule has 0 radical (unpaired) electrons. The van der Waals surface area contributed by atoms with Gasteiger partial charge in [-0.3, -0.25) is 4.79 Å². The van der Waals surface area contributed by atoms with Crippen LogP contribution in [0.3, 0.4) is 0 Å². The minimum absolute atomic E-state index is 0.0885. The Morgan fingerprint density at radius 2 is 2.15 bits per heavy atom. The molecule has 2 saturated carbocycles. The summed E-state index contributed by atoms with van der Waals surface area (Å²) in [5, 5.41) is 0.990. The number of pyridine rings is 1. The topological polar surface area (TPSA) is 48.4 Å². The van der Waals surface area contributed by atoms with Gasteiger partial charge in [-0.15, -0.1) is 11.8 Å².